The lowest BCUT2D eigenvalue weighted by Crippen LogP contribution is -2.62. The summed E-state index contributed by atoms with van der Waals surface area (Å²) >= 11 is 0. The Morgan fingerprint density at radius 3 is 2.70 bits per heavy atom. The van der Waals surface area contributed by atoms with Gasteiger partial charge in [-0.25, -0.2) is 8.42 Å². The van der Waals surface area contributed by atoms with E-state index in [0.29, 0.717) is 16.7 Å². The standard InChI is InChI=1S/C15H23NO3S/c1-5-15(2)13(16-3)10-14(15)19-11-7-6-8-12(9-11)20(4,17)18/h6-9,13-14,16H,5,10H2,1-4H3. The summed E-state index contributed by atoms with van der Waals surface area (Å²) in [5, 5.41) is 3.32. The van der Waals surface area contributed by atoms with Gasteiger partial charge in [-0.15, -0.1) is 0 Å². The summed E-state index contributed by atoms with van der Waals surface area (Å²) in [6.07, 6.45) is 3.31. The monoisotopic (exact) mass is 297 g/mol. The molecule has 0 bridgehead atoms. The third kappa shape index (κ3) is 2.69. The number of hydrogen-bond acceptors (Lipinski definition) is 4. The van der Waals surface area contributed by atoms with E-state index in [9.17, 15) is 8.42 Å². The fourth-order valence-electron chi connectivity index (χ4n) is 2.86. The highest BCUT2D eigenvalue weighted by molar-refractivity contribution is 7.90. The molecule has 1 fully saturated rings. The van der Waals surface area contributed by atoms with Crippen LogP contribution in [0.4, 0.5) is 0 Å². The Bertz CT molecular complexity index is 585. The fraction of sp³-hybridized carbons (Fsp3) is 0.600. The van der Waals surface area contributed by atoms with Crippen LogP contribution in [0.5, 0.6) is 5.75 Å². The van der Waals surface area contributed by atoms with Crippen LogP contribution >= 0.6 is 0 Å². The first-order chi connectivity index (χ1) is 9.31. The normalized spacial score (nSPS) is 29.8. The zero-order valence-electron chi connectivity index (χ0n) is 12.5. The van der Waals surface area contributed by atoms with Gasteiger partial charge in [0.1, 0.15) is 11.9 Å². The lowest BCUT2D eigenvalue weighted by Gasteiger charge is -2.53. The first-order valence-corrected chi connectivity index (χ1v) is 8.84. The second-order valence-electron chi connectivity index (χ2n) is 5.79. The van der Waals surface area contributed by atoms with Crippen molar-refractivity contribution in [2.45, 2.75) is 43.7 Å². The lowest BCUT2D eigenvalue weighted by molar-refractivity contribution is -0.0678. The molecule has 2 rings (SSSR count). The van der Waals surface area contributed by atoms with Gasteiger partial charge in [0.15, 0.2) is 9.84 Å². The van der Waals surface area contributed by atoms with Crippen molar-refractivity contribution in [1.29, 1.82) is 0 Å². The Labute approximate surface area is 121 Å². The molecule has 0 aromatic heterocycles. The van der Waals surface area contributed by atoms with E-state index in [1.54, 1.807) is 18.2 Å². The Kier molecular flexibility index (Phi) is 4.12. The molecule has 20 heavy (non-hydrogen) atoms. The summed E-state index contributed by atoms with van der Waals surface area (Å²) < 4.78 is 29.2. The first kappa shape index (κ1) is 15.3. The van der Waals surface area contributed by atoms with E-state index < -0.39 is 9.84 Å². The molecule has 1 aromatic rings. The van der Waals surface area contributed by atoms with Gasteiger partial charge in [0.2, 0.25) is 0 Å². The van der Waals surface area contributed by atoms with Crippen molar-refractivity contribution >= 4 is 9.84 Å². The highest BCUT2D eigenvalue weighted by Gasteiger charge is 2.51. The number of sulfone groups is 1. The molecule has 1 aromatic carbocycles. The number of ether oxygens (including phenoxy) is 1. The zero-order chi connectivity index (χ0) is 15.0. The topological polar surface area (TPSA) is 55.4 Å². The summed E-state index contributed by atoms with van der Waals surface area (Å²) in [5.41, 5.74) is 0.0931. The average molecular weight is 297 g/mol. The molecule has 1 N–H and O–H groups in total. The zero-order valence-corrected chi connectivity index (χ0v) is 13.3. The molecular formula is C15H23NO3S. The van der Waals surface area contributed by atoms with Gasteiger partial charge in [-0.05, 0) is 31.7 Å². The number of nitrogens with one attached hydrogen (secondary N) is 1. The number of benzene rings is 1. The average Bonchev–Trinajstić information content (AvgIpc) is 2.41. The smallest absolute Gasteiger partial charge is 0.175 e. The summed E-state index contributed by atoms with van der Waals surface area (Å²) in [7, 11) is -1.22. The molecule has 5 heteroatoms. The molecule has 0 saturated heterocycles. The number of rotatable bonds is 5. The van der Waals surface area contributed by atoms with Crippen LogP contribution in [-0.4, -0.2) is 33.9 Å². The minimum absolute atomic E-state index is 0.0931. The Balaban J connectivity index is 2.16. The van der Waals surface area contributed by atoms with Crippen LogP contribution in [0.3, 0.4) is 0 Å². The van der Waals surface area contributed by atoms with Crippen LogP contribution in [0.25, 0.3) is 0 Å². The second-order valence-corrected chi connectivity index (χ2v) is 7.81. The van der Waals surface area contributed by atoms with Crippen molar-refractivity contribution in [2.75, 3.05) is 13.3 Å². The van der Waals surface area contributed by atoms with Crippen LogP contribution in [0.15, 0.2) is 29.2 Å². The molecule has 1 aliphatic carbocycles. The molecule has 4 nitrogen and oxygen atoms in total. The molecule has 3 atom stereocenters. The number of hydrogen-bond donors (Lipinski definition) is 1. The Morgan fingerprint density at radius 2 is 2.15 bits per heavy atom. The van der Waals surface area contributed by atoms with Crippen molar-refractivity contribution < 1.29 is 13.2 Å². The highest BCUT2D eigenvalue weighted by atomic mass is 32.2. The molecular weight excluding hydrogens is 274 g/mol. The van der Waals surface area contributed by atoms with Gasteiger partial charge in [-0.1, -0.05) is 19.9 Å². The van der Waals surface area contributed by atoms with E-state index in [1.807, 2.05) is 13.1 Å². The van der Waals surface area contributed by atoms with Crippen molar-refractivity contribution in [1.82, 2.24) is 5.32 Å². The van der Waals surface area contributed by atoms with E-state index >= 15 is 0 Å². The summed E-state index contributed by atoms with van der Waals surface area (Å²) in [6.45, 7) is 4.37. The molecule has 0 amide bonds. The van der Waals surface area contributed by atoms with Gasteiger partial charge in [0.05, 0.1) is 4.90 Å². The van der Waals surface area contributed by atoms with Gasteiger partial charge in [-0.3, -0.25) is 0 Å². The van der Waals surface area contributed by atoms with Crippen molar-refractivity contribution in [2.24, 2.45) is 5.41 Å². The fourth-order valence-corrected chi connectivity index (χ4v) is 3.52. The third-order valence-corrected chi connectivity index (χ3v) is 5.71. The second kappa shape index (κ2) is 5.37. The van der Waals surface area contributed by atoms with E-state index in [0.717, 1.165) is 12.8 Å². The Morgan fingerprint density at radius 1 is 1.45 bits per heavy atom. The summed E-state index contributed by atoms with van der Waals surface area (Å²) in [4.78, 5) is 0.303. The van der Waals surface area contributed by atoms with Crippen LogP contribution in [0, 0.1) is 5.41 Å². The third-order valence-electron chi connectivity index (χ3n) is 4.60. The Hall–Kier alpha value is -1.07. The van der Waals surface area contributed by atoms with E-state index in [-0.39, 0.29) is 11.5 Å². The van der Waals surface area contributed by atoms with Gasteiger partial charge in [0.25, 0.3) is 0 Å². The van der Waals surface area contributed by atoms with Crippen LogP contribution in [-0.2, 0) is 9.84 Å². The highest BCUT2D eigenvalue weighted by Crippen LogP contribution is 2.45. The molecule has 0 aliphatic heterocycles. The summed E-state index contributed by atoms with van der Waals surface area (Å²) in [5.74, 6) is 0.632. The van der Waals surface area contributed by atoms with Crippen LogP contribution in [0.2, 0.25) is 0 Å². The van der Waals surface area contributed by atoms with Gasteiger partial charge in [-0.2, -0.15) is 0 Å². The van der Waals surface area contributed by atoms with Crippen LogP contribution < -0.4 is 10.1 Å². The lowest BCUT2D eigenvalue weighted by atomic mass is 9.61. The SMILES string of the molecule is CCC1(C)C(NC)CC1Oc1cccc(S(C)(=O)=O)c1. The molecule has 3 unspecified atom stereocenters. The van der Waals surface area contributed by atoms with Crippen molar-refractivity contribution in [3.63, 3.8) is 0 Å². The van der Waals surface area contributed by atoms with E-state index in [2.05, 4.69) is 19.2 Å². The molecule has 1 saturated carbocycles. The van der Waals surface area contributed by atoms with E-state index in [4.69, 9.17) is 4.74 Å². The van der Waals surface area contributed by atoms with E-state index in [1.165, 1.54) is 6.26 Å². The molecule has 0 spiro atoms. The maximum Gasteiger partial charge on any atom is 0.175 e. The predicted molar refractivity (Wildman–Crippen MR) is 79.8 cm³/mol. The van der Waals surface area contributed by atoms with Crippen molar-refractivity contribution in [3.05, 3.63) is 24.3 Å². The molecule has 112 valence electrons. The minimum Gasteiger partial charge on any atom is -0.490 e. The molecule has 0 heterocycles. The minimum atomic E-state index is -3.19. The predicted octanol–water partition coefficient (Wildman–Crippen LogP) is 2.25. The molecule has 1 aliphatic rings. The first-order valence-electron chi connectivity index (χ1n) is 6.95. The van der Waals surface area contributed by atoms with Gasteiger partial charge < -0.3 is 10.1 Å². The maximum atomic E-state index is 11.6. The molecule has 0 radical (unpaired) electrons. The van der Waals surface area contributed by atoms with Crippen molar-refractivity contribution in [3.8, 4) is 5.75 Å². The largest absolute Gasteiger partial charge is 0.490 e. The van der Waals surface area contributed by atoms with Crippen LogP contribution in [0.1, 0.15) is 26.7 Å². The quantitative estimate of drug-likeness (QED) is 0.905. The summed E-state index contributed by atoms with van der Waals surface area (Å²) in [6, 6.07) is 7.20. The maximum absolute atomic E-state index is 11.6. The van der Waals surface area contributed by atoms with Gasteiger partial charge in [0, 0.05) is 24.1 Å². The van der Waals surface area contributed by atoms with Gasteiger partial charge >= 0.3 is 0 Å².